The molecule has 1 fully saturated rings. The van der Waals surface area contributed by atoms with Gasteiger partial charge in [-0.25, -0.2) is 4.79 Å². The van der Waals surface area contributed by atoms with Crippen LogP contribution < -0.4 is 10.6 Å². The summed E-state index contributed by atoms with van der Waals surface area (Å²) in [6, 6.07) is 4.51. The van der Waals surface area contributed by atoms with Crippen LogP contribution in [0.15, 0.2) is 29.3 Å². The van der Waals surface area contributed by atoms with Crippen molar-refractivity contribution in [3.8, 4) is 0 Å². The van der Waals surface area contributed by atoms with Gasteiger partial charge in [0.1, 0.15) is 0 Å². The Labute approximate surface area is 178 Å². The van der Waals surface area contributed by atoms with E-state index in [4.69, 9.17) is 0 Å². The third-order valence-electron chi connectivity index (χ3n) is 3.92. The molecule has 0 bridgehead atoms. The average Bonchev–Trinajstić information content (AvgIpc) is 2.92. The lowest BCUT2D eigenvalue weighted by molar-refractivity contribution is -0.137. The Balaban J connectivity index is 0.00000392. The van der Waals surface area contributed by atoms with Gasteiger partial charge in [0.05, 0.1) is 25.2 Å². The molecule has 1 aliphatic heterocycles. The second kappa shape index (κ2) is 10.5. The van der Waals surface area contributed by atoms with E-state index in [2.05, 4.69) is 15.6 Å². The molecule has 28 heavy (non-hydrogen) atoms. The van der Waals surface area contributed by atoms with Gasteiger partial charge in [-0.1, -0.05) is 12.1 Å². The lowest BCUT2D eigenvalue weighted by Crippen LogP contribution is -2.39. The number of halogens is 4. The normalized spacial score (nSPS) is 14.6. The van der Waals surface area contributed by atoms with Crippen LogP contribution in [0.3, 0.4) is 0 Å². The summed E-state index contributed by atoms with van der Waals surface area (Å²) < 4.78 is 37.9. The van der Waals surface area contributed by atoms with Gasteiger partial charge in [0.25, 0.3) is 0 Å². The van der Waals surface area contributed by atoms with Crippen LogP contribution in [0.5, 0.6) is 0 Å². The number of amides is 3. The monoisotopic (exact) mass is 513 g/mol. The molecule has 0 atom stereocenters. The second-order valence-electron chi connectivity index (χ2n) is 5.99. The molecular formula is C17H23F3IN5O2. The van der Waals surface area contributed by atoms with Crippen LogP contribution in [0.2, 0.25) is 0 Å². The minimum absolute atomic E-state index is 0. The fourth-order valence-electron chi connectivity index (χ4n) is 2.56. The van der Waals surface area contributed by atoms with E-state index < -0.39 is 17.8 Å². The van der Waals surface area contributed by atoms with Crippen molar-refractivity contribution < 1.29 is 22.8 Å². The fraction of sp³-hybridized carbons (Fsp3) is 0.471. The van der Waals surface area contributed by atoms with Crippen molar-refractivity contribution in [2.24, 2.45) is 4.99 Å². The summed E-state index contributed by atoms with van der Waals surface area (Å²) in [4.78, 5) is 30.3. The molecule has 1 saturated heterocycles. The van der Waals surface area contributed by atoms with Gasteiger partial charge in [-0.3, -0.25) is 14.7 Å². The molecule has 2 N–H and O–H groups in total. The maximum absolute atomic E-state index is 12.6. The van der Waals surface area contributed by atoms with E-state index in [1.165, 1.54) is 12.1 Å². The van der Waals surface area contributed by atoms with Crippen LogP contribution in [0, 0.1) is 0 Å². The number of carbonyl (C=O) groups is 2. The predicted octanol–water partition coefficient (Wildman–Crippen LogP) is 2.27. The maximum atomic E-state index is 12.6. The number of imide groups is 1. The highest BCUT2D eigenvalue weighted by molar-refractivity contribution is 14.0. The van der Waals surface area contributed by atoms with E-state index in [9.17, 15) is 22.8 Å². The lowest BCUT2D eigenvalue weighted by atomic mass is 10.1. The standard InChI is InChI=1S/C17H22F3N5O2.HI/c1-3-21-15(22-8-9-25-14(26)10-23-16(25)27)24(2)11-12-4-6-13(7-5-12)17(18,19)20;/h4-7H,3,8-11H2,1-2H3,(H,21,22)(H,23,27);1H. The summed E-state index contributed by atoms with van der Waals surface area (Å²) in [5, 5.41) is 5.51. The molecule has 0 spiro atoms. The van der Waals surface area contributed by atoms with Crippen molar-refractivity contribution in [2.45, 2.75) is 19.6 Å². The molecule has 0 aromatic heterocycles. The van der Waals surface area contributed by atoms with Gasteiger partial charge in [-0.05, 0) is 24.6 Å². The van der Waals surface area contributed by atoms with Gasteiger partial charge >= 0.3 is 12.2 Å². The van der Waals surface area contributed by atoms with Crippen LogP contribution in [0.1, 0.15) is 18.1 Å². The SMILES string of the molecule is CCNC(=NCCN1C(=O)CNC1=O)N(C)Cc1ccc(C(F)(F)F)cc1.I. The Morgan fingerprint density at radius 3 is 2.43 bits per heavy atom. The van der Waals surface area contributed by atoms with E-state index in [0.29, 0.717) is 24.6 Å². The molecule has 1 heterocycles. The van der Waals surface area contributed by atoms with Crippen LogP contribution in [-0.2, 0) is 17.5 Å². The van der Waals surface area contributed by atoms with Crippen LogP contribution in [0.25, 0.3) is 0 Å². The third kappa shape index (κ3) is 6.53. The summed E-state index contributed by atoms with van der Waals surface area (Å²) in [5.41, 5.74) is 0.00763. The van der Waals surface area contributed by atoms with E-state index >= 15 is 0 Å². The van der Waals surface area contributed by atoms with Gasteiger partial charge in [0, 0.05) is 20.1 Å². The highest BCUT2D eigenvalue weighted by atomic mass is 127. The Morgan fingerprint density at radius 1 is 1.29 bits per heavy atom. The number of nitrogens with one attached hydrogen (secondary N) is 2. The van der Waals surface area contributed by atoms with E-state index in [0.717, 1.165) is 17.0 Å². The van der Waals surface area contributed by atoms with Crippen molar-refractivity contribution >= 4 is 41.9 Å². The number of carbonyl (C=O) groups excluding carboxylic acids is 2. The summed E-state index contributed by atoms with van der Waals surface area (Å²) in [6.45, 7) is 3.22. The smallest absolute Gasteiger partial charge is 0.357 e. The summed E-state index contributed by atoms with van der Waals surface area (Å²) >= 11 is 0. The number of rotatable bonds is 6. The number of hydrogen-bond donors (Lipinski definition) is 2. The number of hydrogen-bond acceptors (Lipinski definition) is 3. The average molecular weight is 513 g/mol. The van der Waals surface area contributed by atoms with E-state index in [1.54, 1.807) is 11.9 Å². The van der Waals surface area contributed by atoms with Crippen molar-refractivity contribution in [1.29, 1.82) is 0 Å². The van der Waals surface area contributed by atoms with Crippen molar-refractivity contribution in [2.75, 3.05) is 33.2 Å². The summed E-state index contributed by atoms with van der Waals surface area (Å²) in [6.07, 6.45) is -4.36. The predicted molar refractivity (Wildman–Crippen MR) is 109 cm³/mol. The van der Waals surface area contributed by atoms with Gasteiger partial charge in [-0.15, -0.1) is 24.0 Å². The number of alkyl halides is 3. The van der Waals surface area contributed by atoms with Crippen molar-refractivity contribution in [3.05, 3.63) is 35.4 Å². The Hall–Kier alpha value is -2.05. The molecule has 7 nitrogen and oxygen atoms in total. The first-order valence-electron chi connectivity index (χ1n) is 8.46. The summed E-state index contributed by atoms with van der Waals surface area (Å²) in [5.74, 6) is 0.239. The minimum Gasteiger partial charge on any atom is -0.357 e. The second-order valence-corrected chi connectivity index (χ2v) is 5.99. The first-order valence-corrected chi connectivity index (χ1v) is 8.46. The fourth-order valence-corrected chi connectivity index (χ4v) is 2.56. The number of benzene rings is 1. The Kier molecular flexibility index (Phi) is 8.98. The lowest BCUT2D eigenvalue weighted by Gasteiger charge is -2.22. The third-order valence-corrected chi connectivity index (χ3v) is 3.92. The van der Waals surface area contributed by atoms with Crippen molar-refractivity contribution in [1.82, 2.24) is 20.4 Å². The number of nitrogens with zero attached hydrogens (tertiary/aromatic N) is 3. The Morgan fingerprint density at radius 2 is 1.93 bits per heavy atom. The van der Waals surface area contributed by atoms with Gasteiger partial charge < -0.3 is 15.5 Å². The molecule has 1 aromatic rings. The van der Waals surface area contributed by atoms with Gasteiger partial charge in [0.15, 0.2) is 5.96 Å². The highest BCUT2D eigenvalue weighted by Crippen LogP contribution is 2.29. The zero-order valence-corrected chi connectivity index (χ0v) is 17.9. The van der Waals surface area contributed by atoms with E-state index in [1.807, 2.05) is 6.92 Å². The molecule has 1 aliphatic rings. The van der Waals surface area contributed by atoms with Crippen LogP contribution >= 0.6 is 24.0 Å². The Bertz CT molecular complexity index is 694. The summed E-state index contributed by atoms with van der Waals surface area (Å²) in [7, 11) is 1.76. The highest BCUT2D eigenvalue weighted by Gasteiger charge is 2.30. The maximum Gasteiger partial charge on any atom is 0.416 e. The molecule has 3 amide bonds. The van der Waals surface area contributed by atoms with Crippen LogP contribution in [0.4, 0.5) is 18.0 Å². The van der Waals surface area contributed by atoms with Gasteiger partial charge in [-0.2, -0.15) is 13.2 Å². The van der Waals surface area contributed by atoms with E-state index in [-0.39, 0.29) is 49.5 Å². The topological polar surface area (TPSA) is 77.0 Å². The van der Waals surface area contributed by atoms with Gasteiger partial charge in [0.2, 0.25) is 5.91 Å². The first-order chi connectivity index (χ1) is 12.7. The molecule has 1 aromatic carbocycles. The molecular weight excluding hydrogens is 490 g/mol. The molecule has 156 valence electrons. The van der Waals surface area contributed by atoms with Crippen molar-refractivity contribution in [3.63, 3.8) is 0 Å². The molecule has 0 aliphatic carbocycles. The molecule has 0 saturated carbocycles. The molecule has 0 radical (unpaired) electrons. The largest absolute Gasteiger partial charge is 0.416 e. The molecule has 0 unspecified atom stereocenters. The first kappa shape index (κ1) is 24.0. The molecule has 2 rings (SSSR count). The number of aliphatic imine (C=N–C) groups is 1. The minimum atomic E-state index is -4.36. The zero-order valence-electron chi connectivity index (χ0n) is 15.5. The number of urea groups is 1. The zero-order chi connectivity index (χ0) is 20.0. The number of guanidine groups is 1. The quantitative estimate of drug-likeness (QED) is 0.265. The molecule has 11 heteroatoms. The van der Waals surface area contributed by atoms with Crippen LogP contribution in [-0.4, -0.2) is 60.9 Å².